The molecule has 0 fully saturated rings. The van der Waals surface area contributed by atoms with Crippen molar-refractivity contribution in [2.75, 3.05) is 20.1 Å². The summed E-state index contributed by atoms with van der Waals surface area (Å²) in [5.74, 6) is 0.487. The van der Waals surface area contributed by atoms with Gasteiger partial charge in [0, 0.05) is 42.0 Å². The Bertz CT molecular complexity index is 1280. The normalized spacial score (nSPS) is 14.5. The Hall–Kier alpha value is -3.36. The quantitative estimate of drug-likeness (QED) is 0.448. The standard InChI is InChI=1S/C23H20N6OS/c1-29-8-5-15(6-9-29)19-10-16(4-7-24-19)21(30)12-22-25-13-18-3-2-17(11-20(18)27-22)23-28-26-14-31-23/h2-5,7,10-11,13-14H,6,8-9,12H2,1H3. The minimum Gasteiger partial charge on any atom is -0.302 e. The zero-order valence-corrected chi connectivity index (χ0v) is 17.8. The molecule has 0 radical (unpaired) electrons. The van der Waals surface area contributed by atoms with Crippen molar-refractivity contribution in [1.29, 1.82) is 0 Å². The maximum atomic E-state index is 12.9. The van der Waals surface area contributed by atoms with Gasteiger partial charge >= 0.3 is 0 Å². The molecule has 7 nitrogen and oxygen atoms in total. The second kappa shape index (κ2) is 8.41. The van der Waals surface area contributed by atoms with Crippen LogP contribution in [0.1, 0.15) is 28.3 Å². The Morgan fingerprint density at radius 1 is 1.19 bits per heavy atom. The molecule has 4 aromatic rings. The van der Waals surface area contributed by atoms with Crippen LogP contribution < -0.4 is 0 Å². The molecule has 1 aliphatic rings. The van der Waals surface area contributed by atoms with Crippen molar-refractivity contribution in [3.63, 3.8) is 0 Å². The smallest absolute Gasteiger partial charge is 0.170 e. The molecule has 8 heteroatoms. The van der Waals surface area contributed by atoms with Gasteiger partial charge in [-0.2, -0.15) is 0 Å². The Morgan fingerprint density at radius 3 is 2.94 bits per heavy atom. The molecule has 4 heterocycles. The summed E-state index contributed by atoms with van der Waals surface area (Å²) >= 11 is 1.48. The monoisotopic (exact) mass is 428 g/mol. The number of hydrogen-bond acceptors (Lipinski definition) is 8. The first-order valence-corrected chi connectivity index (χ1v) is 10.9. The third-order valence-corrected chi connectivity index (χ3v) is 6.12. The van der Waals surface area contributed by atoms with Crippen LogP contribution in [-0.4, -0.2) is 56.0 Å². The van der Waals surface area contributed by atoms with Crippen molar-refractivity contribution < 1.29 is 4.79 Å². The SMILES string of the molecule is CN1CC=C(c2cc(C(=O)Cc3ncc4ccc(-c5nncs5)cc4n3)ccn2)CC1. The molecule has 0 amide bonds. The first-order chi connectivity index (χ1) is 15.2. The highest BCUT2D eigenvalue weighted by molar-refractivity contribution is 7.12. The molecule has 0 N–H and O–H groups in total. The van der Waals surface area contributed by atoms with Gasteiger partial charge < -0.3 is 4.90 Å². The number of aromatic nitrogens is 5. The number of benzene rings is 1. The highest BCUT2D eigenvalue weighted by Gasteiger charge is 2.15. The molecule has 3 aromatic heterocycles. The summed E-state index contributed by atoms with van der Waals surface area (Å²) in [4.78, 5) is 28.7. The van der Waals surface area contributed by atoms with Crippen LogP contribution in [0.4, 0.5) is 0 Å². The van der Waals surface area contributed by atoms with Gasteiger partial charge in [-0.05, 0) is 37.2 Å². The molecule has 0 spiro atoms. The number of Topliss-reactive ketones (excluding diaryl/α,β-unsaturated/α-hetero) is 1. The molecule has 154 valence electrons. The predicted octanol–water partition coefficient (Wildman–Crippen LogP) is 3.69. The van der Waals surface area contributed by atoms with E-state index in [9.17, 15) is 4.79 Å². The molecular weight excluding hydrogens is 408 g/mol. The molecule has 5 rings (SSSR count). The fourth-order valence-electron chi connectivity index (χ4n) is 3.61. The number of hydrogen-bond donors (Lipinski definition) is 0. The van der Waals surface area contributed by atoms with Crippen LogP contribution in [0.3, 0.4) is 0 Å². The minimum absolute atomic E-state index is 0.0168. The second-order valence-electron chi connectivity index (χ2n) is 7.58. The van der Waals surface area contributed by atoms with Gasteiger partial charge in [0.25, 0.3) is 0 Å². The Morgan fingerprint density at radius 2 is 2.13 bits per heavy atom. The lowest BCUT2D eigenvalue weighted by Gasteiger charge is -2.21. The van der Waals surface area contributed by atoms with Crippen LogP contribution in [0.5, 0.6) is 0 Å². The Balaban J connectivity index is 1.38. The average Bonchev–Trinajstić information content (AvgIpc) is 3.34. The van der Waals surface area contributed by atoms with Crippen molar-refractivity contribution in [3.8, 4) is 10.6 Å². The van der Waals surface area contributed by atoms with E-state index in [-0.39, 0.29) is 12.2 Å². The molecule has 1 aliphatic heterocycles. The first kappa shape index (κ1) is 19.6. The number of carbonyl (C=O) groups excluding carboxylic acids is 1. The molecule has 0 saturated heterocycles. The Kier molecular flexibility index (Phi) is 5.31. The molecular formula is C23H20N6OS. The topological polar surface area (TPSA) is 84.8 Å². The van der Waals surface area contributed by atoms with Crippen LogP contribution in [0.2, 0.25) is 0 Å². The number of rotatable bonds is 5. The number of carbonyl (C=O) groups is 1. The maximum absolute atomic E-state index is 12.9. The third-order valence-electron chi connectivity index (χ3n) is 5.38. The molecule has 31 heavy (non-hydrogen) atoms. The fraction of sp³-hybridized carbons (Fsp3) is 0.217. The predicted molar refractivity (Wildman–Crippen MR) is 121 cm³/mol. The largest absolute Gasteiger partial charge is 0.302 e. The van der Waals surface area contributed by atoms with Crippen molar-refractivity contribution in [3.05, 3.63) is 71.4 Å². The molecule has 0 atom stereocenters. The van der Waals surface area contributed by atoms with E-state index < -0.39 is 0 Å². The lowest BCUT2D eigenvalue weighted by atomic mass is 10.0. The maximum Gasteiger partial charge on any atom is 0.170 e. The van der Waals surface area contributed by atoms with E-state index in [1.54, 1.807) is 24.0 Å². The number of ketones is 1. The second-order valence-corrected chi connectivity index (χ2v) is 8.41. The zero-order valence-electron chi connectivity index (χ0n) is 17.0. The van der Waals surface area contributed by atoms with Crippen molar-refractivity contribution >= 4 is 33.6 Å². The van der Waals surface area contributed by atoms with Crippen molar-refractivity contribution in [2.45, 2.75) is 12.8 Å². The van der Waals surface area contributed by atoms with Gasteiger partial charge in [0.2, 0.25) is 0 Å². The number of pyridine rings is 1. The summed E-state index contributed by atoms with van der Waals surface area (Å²) in [5, 5.41) is 9.77. The minimum atomic E-state index is -0.0168. The molecule has 1 aromatic carbocycles. The summed E-state index contributed by atoms with van der Waals surface area (Å²) in [6, 6.07) is 9.54. The van der Waals surface area contributed by atoms with Gasteiger partial charge in [-0.1, -0.05) is 29.5 Å². The molecule has 0 unspecified atom stereocenters. The summed E-state index contributed by atoms with van der Waals surface area (Å²) in [7, 11) is 2.10. The summed E-state index contributed by atoms with van der Waals surface area (Å²) in [6.07, 6.45) is 6.73. The summed E-state index contributed by atoms with van der Waals surface area (Å²) < 4.78 is 0. The Labute approximate surface area is 183 Å². The number of fused-ring (bicyclic) bond motifs is 1. The van der Waals surface area contributed by atoms with E-state index in [4.69, 9.17) is 0 Å². The summed E-state index contributed by atoms with van der Waals surface area (Å²) in [6.45, 7) is 1.90. The van der Waals surface area contributed by atoms with E-state index in [1.807, 2.05) is 24.3 Å². The van der Waals surface area contributed by atoms with Gasteiger partial charge in [-0.25, -0.2) is 9.97 Å². The number of likely N-dealkylation sites (N-methyl/N-ethyl adjacent to an activating group) is 1. The molecule has 0 saturated carbocycles. The average molecular weight is 429 g/mol. The van der Waals surface area contributed by atoms with E-state index in [0.29, 0.717) is 11.4 Å². The molecule has 0 bridgehead atoms. The van der Waals surface area contributed by atoms with E-state index in [2.05, 4.69) is 43.2 Å². The van der Waals surface area contributed by atoms with Crippen molar-refractivity contribution in [1.82, 2.24) is 30.0 Å². The lowest BCUT2D eigenvalue weighted by Crippen LogP contribution is -2.23. The number of nitrogens with zero attached hydrogens (tertiary/aromatic N) is 6. The fourth-order valence-corrected chi connectivity index (χ4v) is 4.16. The zero-order chi connectivity index (χ0) is 21.2. The van der Waals surface area contributed by atoms with E-state index >= 15 is 0 Å². The van der Waals surface area contributed by atoms with Gasteiger partial charge in [-0.3, -0.25) is 9.78 Å². The van der Waals surface area contributed by atoms with E-state index in [0.717, 1.165) is 46.7 Å². The summed E-state index contributed by atoms with van der Waals surface area (Å²) in [5.41, 5.74) is 6.15. The van der Waals surface area contributed by atoms with Crippen LogP contribution in [0.15, 0.2) is 54.3 Å². The van der Waals surface area contributed by atoms with Crippen LogP contribution in [0, 0.1) is 0 Å². The van der Waals surface area contributed by atoms with Crippen molar-refractivity contribution in [2.24, 2.45) is 0 Å². The third kappa shape index (κ3) is 4.26. The highest BCUT2D eigenvalue weighted by Crippen LogP contribution is 2.25. The van der Waals surface area contributed by atoms with Crippen LogP contribution >= 0.6 is 11.3 Å². The first-order valence-electron chi connectivity index (χ1n) is 10.0. The van der Waals surface area contributed by atoms with Gasteiger partial charge in [0.15, 0.2) is 5.78 Å². The van der Waals surface area contributed by atoms with Gasteiger partial charge in [-0.15, -0.1) is 10.2 Å². The van der Waals surface area contributed by atoms with Gasteiger partial charge in [0.05, 0.1) is 17.6 Å². The highest BCUT2D eigenvalue weighted by atomic mass is 32.1. The van der Waals surface area contributed by atoms with Gasteiger partial charge in [0.1, 0.15) is 16.3 Å². The van der Waals surface area contributed by atoms with Crippen LogP contribution in [0.25, 0.3) is 27.0 Å². The lowest BCUT2D eigenvalue weighted by molar-refractivity contribution is 0.0990. The van der Waals surface area contributed by atoms with Crippen LogP contribution in [-0.2, 0) is 6.42 Å². The molecule has 0 aliphatic carbocycles. The van der Waals surface area contributed by atoms with E-state index in [1.165, 1.54) is 16.9 Å².